The lowest BCUT2D eigenvalue weighted by molar-refractivity contribution is -0.121. The average Bonchev–Trinajstić information content (AvgIpc) is 1.88. The quantitative estimate of drug-likeness (QED) is 0.585. The second kappa shape index (κ2) is 3.15. The van der Waals surface area contributed by atoms with Gasteiger partial charge in [0.1, 0.15) is 5.78 Å². The Kier molecular flexibility index (Phi) is 2.44. The van der Waals surface area contributed by atoms with E-state index in [1.165, 1.54) is 0 Å². The summed E-state index contributed by atoms with van der Waals surface area (Å²) in [6, 6.07) is 0. The van der Waals surface area contributed by atoms with E-state index < -0.39 is 0 Å². The summed E-state index contributed by atoms with van der Waals surface area (Å²) in [6.07, 6.45) is 1.07. The van der Waals surface area contributed by atoms with Crippen molar-refractivity contribution in [3.05, 3.63) is 0 Å². The number of hydrogen-bond donors (Lipinski definition) is 1. The van der Waals surface area contributed by atoms with Gasteiger partial charge in [-0.1, -0.05) is 6.92 Å². The summed E-state index contributed by atoms with van der Waals surface area (Å²) in [7, 11) is 0. The van der Waals surface area contributed by atoms with Crippen molar-refractivity contribution in [3.8, 4) is 0 Å². The van der Waals surface area contributed by atoms with Crippen LogP contribution in [-0.4, -0.2) is 18.9 Å². The molecule has 1 N–H and O–H groups in total. The Morgan fingerprint density at radius 1 is 1.50 bits per heavy atom. The maximum absolute atomic E-state index is 10.9. The van der Waals surface area contributed by atoms with E-state index in [0.29, 0.717) is 11.7 Å². The van der Waals surface area contributed by atoms with E-state index >= 15 is 0 Å². The van der Waals surface area contributed by atoms with Gasteiger partial charge in [0.2, 0.25) is 0 Å². The van der Waals surface area contributed by atoms with Crippen LogP contribution in [0.25, 0.3) is 0 Å². The van der Waals surface area contributed by atoms with Crippen LogP contribution in [0, 0.1) is 11.8 Å². The molecule has 2 nitrogen and oxygen atoms in total. The molecule has 1 rings (SSSR count). The number of carbonyl (C=O) groups excluding carboxylic acids is 1. The summed E-state index contributed by atoms with van der Waals surface area (Å²) >= 11 is 0. The second-order valence-corrected chi connectivity index (χ2v) is 3.31. The van der Waals surface area contributed by atoms with Crippen molar-refractivity contribution < 1.29 is 4.79 Å². The molecule has 1 saturated heterocycles. The highest BCUT2D eigenvalue weighted by molar-refractivity contribution is 5.78. The molecule has 0 amide bonds. The van der Waals surface area contributed by atoms with Crippen molar-refractivity contribution in [2.75, 3.05) is 13.1 Å². The van der Waals surface area contributed by atoms with Crippen LogP contribution in [0.1, 0.15) is 20.3 Å². The van der Waals surface area contributed by atoms with Gasteiger partial charge in [-0.15, -0.1) is 0 Å². The smallest absolute Gasteiger partial charge is 0.134 e. The fourth-order valence-electron chi connectivity index (χ4n) is 1.47. The molecule has 10 heavy (non-hydrogen) atoms. The zero-order chi connectivity index (χ0) is 7.56. The molecule has 0 unspecified atom stereocenters. The first-order valence-electron chi connectivity index (χ1n) is 3.91. The maximum atomic E-state index is 10.9. The van der Waals surface area contributed by atoms with Crippen LogP contribution in [0.2, 0.25) is 0 Å². The normalized spacial score (nSPS) is 33.8. The molecular weight excluding hydrogens is 126 g/mol. The van der Waals surface area contributed by atoms with Crippen molar-refractivity contribution in [1.82, 2.24) is 5.32 Å². The first-order valence-corrected chi connectivity index (χ1v) is 3.91. The number of piperidine rings is 1. The van der Waals surface area contributed by atoms with Gasteiger partial charge in [-0.05, 0) is 25.8 Å². The molecule has 0 saturated carbocycles. The number of hydrogen-bond acceptors (Lipinski definition) is 2. The van der Waals surface area contributed by atoms with Gasteiger partial charge in [0.05, 0.1) is 0 Å². The van der Waals surface area contributed by atoms with Gasteiger partial charge in [0.25, 0.3) is 0 Å². The molecule has 0 aromatic rings. The van der Waals surface area contributed by atoms with Crippen molar-refractivity contribution >= 4 is 5.78 Å². The fraction of sp³-hybridized carbons (Fsp3) is 0.875. The van der Waals surface area contributed by atoms with Gasteiger partial charge in [-0.2, -0.15) is 0 Å². The van der Waals surface area contributed by atoms with Crippen LogP contribution in [0.15, 0.2) is 0 Å². The molecule has 1 aliphatic heterocycles. The van der Waals surface area contributed by atoms with Crippen molar-refractivity contribution in [1.29, 1.82) is 0 Å². The third kappa shape index (κ3) is 1.81. The van der Waals surface area contributed by atoms with E-state index in [2.05, 4.69) is 12.2 Å². The number of ketones is 1. The molecule has 2 heteroatoms. The average molecular weight is 141 g/mol. The second-order valence-electron chi connectivity index (χ2n) is 3.31. The van der Waals surface area contributed by atoms with Crippen molar-refractivity contribution in [2.45, 2.75) is 20.3 Å². The number of rotatable bonds is 1. The van der Waals surface area contributed by atoms with E-state index in [9.17, 15) is 4.79 Å². The molecular formula is C8H15NO. The Morgan fingerprint density at radius 2 is 2.20 bits per heavy atom. The molecule has 0 radical (unpaired) electrons. The zero-order valence-corrected chi connectivity index (χ0v) is 6.68. The highest BCUT2D eigenvalue weighted by Crippen LogP contribution is 2.15. The van der Waals surface area contributed by atoms with Crippen molar-refractivity contribution in [2.24, 2.45) is 11.8 Å². The Bertz CT molecular complexity index is 133. The van der Waals surface area contributed by atoms with Gasteiger partial charge >= 0.3 is 0 Å². The van der Waals surface area contributed by atoms with Gasteiger partial charge < -0.3 is 5.32 Å². The molecule has 0 aliphatic carbocycles. The third-order valence-electron chi connectivity index (χ3n) is 2.15. The van der Waals surface area contributed by atoms with Gasteiger partial charge in [-0.25, -0.2) is 0 Å². The van der Waals surface area contributed by atoms with Gasteiger partial charge in [0.15, 0.2) is 0 Å². The summed E-state index contributed by atoms with van der Waals surface area (Å²) in [4.78, 5) is 10.9. The molecule has 1 heterocycles. The SMILES string of the molecule is CC(=O)[C@H]1CNC[C@@H](C)C1. The minimum atomic E-state index is 0.281. The lowest BCUT2D eigenvalue weighted by atomic mass is 9.89. The van der Waals surface area contributed by atoms with E-state index in [1.54, 1.807) is 6.92 Å². The van der Waals surface area contributed by atoms with Crippen molar-refractivity contribution in [3.63, 3.8) is 0 Å². The predicted octanol–water partition coefficient (Wildman–Crippen LogP) is 0.821. The minimum Gasteiger partial charge on any atom is -0.316 e. The Labute approximate surface area is 62.0 Å². The minimum absolute atomic E-state index is 0.281. The van der Waals surface area contributed by atoms with Gasteiger partial charge in [-0.3, -0.25) is 4.79 Å². The number of nitrogens with one attached hydrogen (secondary N) is 1. The topological polar surface area (TPSA) is 29.1 Å². The summed E-state index contributed by atoms with van der Waals surface area (Å²) in [5.74, 6) is 1.28. The Balaban J connectivity index is 2.39. The third-order valence-corrected chi connectivity index (χ3v) is 2.15. The number of Topliss-reactive ketones (excluding diaryl/α,β-unsaturated/α-hetero) is 1. The van der Waals surface area contributed by atoms with Crippen LogP contribution in [0.4, 0.5) is 0 Å². The zero-order valence-electron chi connectivity index (χ0n) is 6.68. The standard InChI is InChI=1S/C8H15NO/c1-6-3-8(7(2)10)5-9-4-6/h6,8-9H,3-5H2,1-2H3/t6-,8+/m0/s1. The van der Waals surface area contributed by atoms with E-state index in [1.807, 2.05) is 0 Å². The molecule has 58 valence electrons. The molecule has 0 aromatic heterocycles. The highest BCUT2D eigenvalue weighted by atomic mass is 16.1. The van der Waals surface area contributed by atoms with E-state index in [-0.39, 0.29) is 5.92 Å². The van der Waals surface area contributed by atoms with Gasteiger partial charge in [0, 0.05) is 12.5 Å². The fourth-order valence-corrected chi connectivity index (χ4v) is 1.47. The highest BCUT2D eigenvalue weighted by Gasteiger charge is 2.21. The first-order chi connectivity index (χ1) is 4.70. The molecule has 0 spiro atoms. The predicted molar refractivity (Wildman–Crippen MR) is 40.8 cm³/mol. The summed E-state index contributed by atoms with van der Waals surface area (Å²) in [5.41, 5.74) is 0. The molecule has 2 atom stereocenters. The maximum Gasteiger partial charge on any atom is 0.134 e. The lowest BCUT2D eigenvalue weighted by Gasteiger charge is -2.25. The monoisotopic (exact) mass is 141 g/mol. The van der Waals surface area contributed by atoms with Crippen LogP contribution in [-0.2, 0) is 4.79 Å². The van der Waals surface area contributed by atoms with Crippen LogP contribution >= 0.6 is 0 Å². The Hall–Kier alpha value is -0.370. The lowest BCUT2D eigenvalue weighted by Crippen LogP contribution is -2.37. The Morgan fingerprint density at radius 3 is 2.60 bits per heavy atom. The van der Waals surface area contributed by atoms with Crippen LogP contribution < -0.4 is 5.32 Å². The molecule has 1 aliphatic rings. The summed E-state index contributed by atoms with van der Waals surface area (Å²) < 4.78 is 0. The first kappa shape index (κ1) is 7.73. The molecule has 1 fully saturated rings. The van der Waals surface area contributed by atoms with E-state index in [4.69, 9.17) is 0 Å². The summed E-state index contributed by atoms with van der Waals surface area (Å²) in [5, 5.41) is 3.25. The molecule has 0 aromatic carbocycles. The summed E-state index contributed by atoms with van der Waals surface area (Å²) in [6.45, 7) is 5.83. The van der Waals surface area contributed by atoms with Crippen LogP contribution in [0.3, 0.4) is 0 Å². The number of carbonyl (C=O) groups is 1. The van der Waals surface area contributed by atoms with Crippen LogP contribution in [0.5, 0.6) is 0 Å². The van der Waals surface area contributed by atoms with E-state index in [0.717, 1.165) is 19.5 Å². The largest absolute Gasteiger partial charge is 0.316 e. The molecule has 0 bridgehead atoms.